The molecule has 148 valence electrons. The second-order valence-corrected chi connectivity index (χ2v) is 6.96. The topological polar surface area (TPSA) is 114 Å². The molecule has 0 aliphatic carbocycles. The number of primary amides is 1. The summed E-state index contributed by atoms with van der Waals surface area (Å²) < 4.78 is 14.0. The van der Waals surface area contributed by atoms with E-state index in [4.69, 9.17) is 5.73 Å². The summed E-state index contributed by atoms with van der Waals surface area (Å²) in [7, 11) is 0. The van der Waals surface area contributed by atoms with E-state index in [-0.39, 0.29) is 12.8 Å². The standard InChI is InChI=1S/C19H20BrFN4O3/c1-11(26)24-16(9-12-4-2-6-14(21)8-12)19(28)25-15(18(22)27)10-13-5-3-7-23-17(13)20/h2-8,15-16H,9-10H2,1H3,(H2,22,27)(H,24,26)(H,25,28)/t15-,16+/m1/s1. The molecule has 1 heterocycles. The van der Waals surface area contributed by atoms with Crippen molar-refractivity contribution in [1.82, 2.24) is 15.6 Å². The second kappa shape index (κ2) is 9.93. The van der Waals surface area contributed by atoms with Crippen LogP contribution in [0.3, 0.4) is 0 Å². The fourth-order valence-corrected chi connectivity index (χ4v) is 3.05. The molecule has 7 nitrogen and oxygen atoms in total. The average molecular weight is 451 g/mol. The molecular weight excluding hydrogens is 431 g/mol. The number of nitrogens with one attached hydrogen (secondary N) is 2. The molecule has 0 bridgehead atoms. The first-order valence-electron chi connectivity index (χ1n) is 8.47. The number of carbonyl (C=O) groups is 3. The predicted octanol–water partition coefficient (Wildman–Crippen LogP) is 1.24. The molecule has 0 spiro atoms. The number of carbonyl (C=O) groups excluding carboxylic acids is 3. The van der Waals surface area contributed by atoms with Crippen molar-refractivity contribution in [2.24, 2.45) is 5.73 Å². The van der Waals surface area contributed by atoms with Crippen LogP contribution in [0.5, 0.6) is 0 Å². The minimum Gasteiger partial charge on any atom is -0.368 e. The van der Waals surface area contributed by atoms with E-state index in [0.717, 1.165) is 0 Å². The maximum absolute atomic E-state index is 13.4. The highest BCUT2D eigenvalue weighted by Gasteiger charge is 2.26. The lowest BCUT2D eigenvalue weighted by Crippen LogP contribution is -2.54. The molecule has 0 saturated heterocycles. The maximum atomic E-state index is 13.4. The Bertz CT molecular complexity index is 878. The zero-order valence-electron chi connectivity index (χ0n) is 15.1. The number of rotatable bonds is 8. The summed E-state index contributed by atoms with van der Waals surface area (Å²) in [5, 5.41) is 5.08. The highest BCUT2D eigenvalue weighted by molar-refractivity contribution is 9.10. The summed E-state index contributed by atoms with van der Waals surface area (Å²) >= 11 is 3.28. The minimum atomic E-state index is -1.00. The van der Waals surface area contributed by atoms with Crippen LogP contribution in [0.4, 0.5) is 4.39 Å². The molecule has 1 aromatic heterocycles. The molecule has 3 amide bonds. The number of halogens is 2. The molecule has 0 aliphatic rings. The van der Waals surface area contributed by atoms with Gasteiger partial charge in [-0.15, -0.1) is 0 Å². The highest BCUT2D eigenvalue weighted by atomic mass is 79.9. The van der Waals surface area contributed by atoms with E-state index < -0.39 is 35.6 Å². The van der Waals surface area contributed by atoms with Gasteiger partial charge in [0.15, 0.2) is 0 Å². The third kappa shape index (κ3) is 6.41. The Morgan fingerprint density at radius 3 is 2.50 bits per heavy atom. The Balaban J connectivity index is 2.15. The fourth-order valence-electron chi connectivity index (χ4n) is 2.64. The Kier molecular flexibility index (Phi) is 7.62. The Morgan fingerprint density at radius 1 is 1.14 bits per heavy atom. The number of benzene rings is 1. The normalized spacial score (nSPS) is 12.7. The van der Waals surface area contributed by atoms with Crippen LogP contribution in [0, 0.1) is 5.82 Å². The van der Waals surface area contributed by atoms with Gasteiger partial charge in [-0.3, -0.25) is 14.4 Å². The zero-order valence-corrected chi connectivity index (χ0v) is 16.7. The zero-order chi connectivity index (χ0) is 20.7. The van der Waals surface area contributed by atoms with Crippen molar-refractivity contribution in [2.45, 2.75) is 31.8 Å². The minimum absolute atomic E-state index is 0.0608. The summed E-state index contributed by atoms with van der Waals surface area (Å²) in [6.07, 6.45) is 1.77. The van der Waals surface area contributed by atoms with Gasteiger partial charge in [-0.25, -0.2) is 9.37 Å². The summed E-state index contributed by atoms with van der Waals surface area (Å²) in [5.41, 5.74) is 6.65. The van der Waals surface area contributed by atoms with E-state index in [1.807, 2.05) is 0 Å². The van der Waals surface area contributed by atoms with Gasteiger partial charge in [0.1, 0.15) is 22.5 Å². The Hall–Kier alpha value is -2.81. The quantitative estimate of drug-likeness (QED) is 0.524. The molecule has 4 N–H and O–H groups in total. The third-order valence-electron chi connectivity index (χ3n) is 3.94. The number of nitrogens with two attached hydrogens (primary N) is 1. The van der Waals surface area contributed by atoms with Crippen LogP contribution in [0.25, 0.3) is 0 Å². The van der Waals surface area contributed by atoms with Crippen molar-refractivity contribution < 1.29 is 18.8 Å². The molecule has 2 rings (SSSR count). The number of pyridine rings is 1. The molecule has 28 heavy (non-hydrogen) atoms. The van der Waals surface area contributed by atoms with Gasteiger partial charge in [0.2, 0.25) is 17.7 Å². The van der Waals surface area contributed by atoms with Gasteiger partial charge in [0.05, 0.1) is 0 Å². The first-order valence-corrected chi connectivity index (χ1v) is 9.26. The van der Waals surface area contributed by atoms with E-state index in [0.29, 0.717) is 15.7 Å². The first-order chi connectivity index (χ1) is 13.3. The van der Waals surface area contributed by atoms with Crippen molar-refractivity contribution in [3.63, 3.8) is 0 Å². The number of aromatic nitrogens is 1. The molecule has 9 heteroatoms. The largest absolute Gasteiger partial charge is 0.368 e. The molecule has 0 fully saturated rings. The fraction of sp³-hybridized carbons (Fsp3) is 0.263. The predicted molar refractivity (Wildman–Crippen MR) is 104 cm³/mol. The number of amides is 3. The van der Waals surface area contributed by atoms with Crippen LogP contribution in [0.15, 0.2) is 47.2 Å². The lowest BCUT2D eigenvalue weighted by molar-refractivity contribution is -0.130. The van der Waals surface area contributed by atoms with Crippen LogP contribution in [0.1, 0.15) is 18.1 Å². The van der Waals surface area contributed by atoms with E-state index in [2.05, 4.69) is 31.5 Å². The van der Waals surface area contributed by atoms with Gasteiger partial charge in [0.25, 0.3) is 0 Å². The molecule has 0 aliphatic heterocycles. The summed E-state index contributed by atoms with van der Waals surface area (Å²) in [6, 6.07) is 7.17. The number of hydrogen-bond donors (Lipinski definition) is 3. The van der Waals surface area contributed by atoms with Crippen LogP contribution < -0.4 is 16.4 Å². The Labute approximate surface area is 170 Å². The molecule has 0 radical (unpaired) electrons. The van der Waals surface area contributed by atoms with Gasteiger partial charge in [-0.1, -0.05) is 18.2 Å². The number of nitrogens with zero attached hydrogens (tertiary/aromatic N) is 1. The van der Waals surface area contributed by atoms with Crippen molar-refractivity contribution in [1.29, 1.82) is 0 Å². The monoisotopic (exact) mass is 450 g/mol. The summed E-state index contributed by atoms with van der Waals surface area (Å²) in [4.78, 5) is 40.1. The smallest absolute Gasteiger partial charge is 0.243 e. The number of hydrogen-bond acceptors (Lipinski definition) is 4. The summed E-state index contributed by atoms with van der Waals surface area (Å²) in [5.74, 6) is -2.20. The Morgan fingerprint density at radius 2 is 1.89 bits per heavy atom. The molecular formula is C19H20BrFN4O3. The molecule has 2 aromatic rings. The maximum Gasteiger partial charge on any atom is 0.243 e. The van der Waals surface area contributed by atoms with Crippen molar-refractivity contribution in [2.75, 3.05) is 0 Å². The first kappa shape index (κ1) is 21.5. The molecule has 0 saturated carbocycles. The van der Waals surface area contributed by atoms with Crippen molar-refractivity contribution in [3.8, 4) is 0 Å². The summed E-state index contributed by atoms with van der Waals surface area (Å²) in [6.45, 7) is 1.27. The molecule has 0 unspecified atom stereocenters. The molecule has 1 aromatic carbocycles. The van der Waals surface area contributed by atoms with Crippen LogP contribution in [0.2, 0.25) is 0 Å². The van der Waals surface area contributed by atoms with E-state index in [1.165, 1.54) is 25.1 Å². The van der Waals surface area contributed by atoms with Crippen LogP contribution in [-0.4, -0.2) is 34.8 Å². The SMILES string of the molecule is CC(=O)N[C@@H](Cc1cccc(F)c1)C(=O)N[C@H](Cc1cccnc1Br)C(N)=O. The van der Waals surface area contributed by atoms with Gasteiger partial charge in [0, 0.05) is 26.0 Å². The highest BCUT2D eigenvalue weighted by Crippen LogP contribution is 2.15. The van der Waals surface area contributed by atoms with Gasteiger partial charge in [-0.2, -0.15) is 0 Å². The van der Waals surface area contributed by atoms with Gasteiger partial charge in [-0.05, 0) is 45.3 Å². The lowest BCUT2D eigenvalue weighted by Gasteiger charge is -2.22. The molecule has 2 atom stereocenters. The van der Waals surface area contributed by atoms with Crippen molar-refractivity contribution >= 4 is 33.7 Å². The van der Waals surface area contributed by atoms with E-state index in [9.17, 15) is 18.8 Å². The van der Waals surface area contributed by atoms with Gasteiger partial charge >= 0.3 is 0 Å². The van der Waals surface area contributed by atoms with Crippen LogP contribution in [-0.2, 0) is 27.2 Å². The third-order valence-corrected chi connectivity index (χ3v) is 4.66. The van der Waals surface area contributed by atoms with Gasteiger partial charge < -0.3 is 16.4 Å². The lowest BCUT2D eigenvalue weighted by atomic mass is 10.0. The van der Waals surface area contributed by atoms with E-state index in [1.54, 1.807) is 24.4 Å². The van der Waals surface area contributed by atoms with Crippen LogP contribution >= 0.6 is 15.9 Å². The van der Waals surface area contributed by atoms with Crippen molar-refractivity contribution in [3.05, 3.63) is 64.1 Å². The average Bonchev–Trinajstić information content (AvgIpc) is 2.61. The second-order valence-electron chi connectivity index (χ2n) is 6.21. The van der Waals surface area contributed by atoms with E-state index >= 15 is 0 Å².